The van der Waals surface area contributed by atoms with Gasteiger partial charge in [0.15, 0.2) is 11.6 Å². The monoisotopic (exact) mass is 384 g/mol. The lowest BCUT2D eigenvalue weighted by Gasteiger charge is -2.26. The van der Waals surface area contributed by atoms with Crippen LogP contribution in [0, 0.1) is 17.6 Å². The number of hydrogen-bond donors (Lipinski definition) is 0. The first-order chi connectivity index (χ1) is 12.8. The highest BCUT2D eigenvalue weighted by Crippen LogP contribution is 2.35. The van der Waals surface area contributed by atoms with Gasteiger partial charge in [0, 0.05) is 0 Å². The summed E-state index contributed by atoms with van der Waals surface area (Å²) in [5.41, 5.74) is 2.62. The Balaban J connectivity index is 1.66. The lowest BCUT2D eigenvalue weighted by Crippen LogP contribution is -2.20. The lowest BCUT2D eigenvalue weighted by molar-refractivity contribution is -0.275. The van der Waals surface area contributed by atoms with Crippen LogP contribution in [0.1, 0.15) is 42.0 Å². The molecule has 6 heteroatoms. The summed E-state index contributed by atoms with van der Waals surface area (Å²) in [6.45, 7) is 1.97. The zero-order valence-electron chi connectivity index (χ0n) is 15.0. The zero-order valence-corrected chi connectivity index (χ0v) is 15.0. The number of aryl methyl sites for hydroxylation is 2. The fourth-order valence-corrected chi connectivity index (χ4v) is 3.69. The minimum absolute atomic E-state index is 0.203. The average Bonchev–Trinajstić information content (AvgIpc) is 2.62. The molecule has 1 nitrogen and oxygen atoms in total. The molecular weight excluding hydrogens is 363 g/mol. The zero-order chi connectivity index (χ0) is 19.6. The lowest BCUT2D eigenvalue weighted by atomic mass is 9.80. The van der Waals surface area contributed by atoms with Gasteiger partial charge in [-0.2, -0.15) is 0 Å². The molecular formula is C21H21F5O. The number of ether oxygens (including phenoxy) is 1. The molecule has 0 amide bonds. The van der Waals surface area contributed by atoms with Crippen molar-refractivity contribution in [1.29, 1.82) is 0 Å². The summed E-state index contributed by atoms with van der Waals surface area (Å²) in [7, 11) is 0. The van der Waals surface area contributed by atoms with Crippen LogP contribution in [0.25, 0.3) is 0 Å². The molecule has 0 N–H and O–H groups in total. The van der Waals surface area contributed by atoms with E-state index in [9.17, 15) is 22.0 Å². The number of alkyl halides is 3. The number of benzene rings is 2. The number of fused-ring (bicyclic) bond motifs is 1. The van der Waals surface area contributed by atoms with Gasteiger partial charge in [-0.15, -0.1) is 13.2 Å². The van der Waals surface area contributed by atoms with Crippen molar-refractivity contribution < 1.29 is 26.7 Å². The maximum atomic E-state index is 14.3. The summed E-state index contributed by atoms with van der Waals surface area (Å²) >= 11 is 0. The summed E-state index contributed by atoms with van der Waals surface area (Å²) in [5.74, 6) is -1.66. The van der Waals surface area contributed by atoms with Gasteiger partial charge >= 0.3 is 6.36 Å². The molecule has 0 saturated heterocycles. The highest BCUT2D eigenvalue weighted by atomic mass is 19.4. The van der Waals surface area contributed by atoms with Crippen LogP contribution in [0.5, 0.6) is 5.75 Å². The van der Waals surface area contributed by atoms with Crippen molar-refractivity contribution >= 4 is 0 Å². The van der Waals surface area contributed by atoms with Crippen LogP contribution in [0.4, 0.5) is 22.0 Å². The summed E-state index contributed by atoms with van der Waals surface area (Å²) in [6.07, 6.45) is -1.19. The fourth-order valence-electron chi connectivity index (χ4n) is 3.69. The second kappa shape index (κ2) is 7.87. The van der Waals surface area contributed by atoms with Gasteiger partial charge in [0.1, 0.15) is 5.82 Å². The number of hydrogen-bond acceptors (Lipinski definition) is 1. The second-order valence-electron chi connectivity index (χ2n) is 6.99. The van der Waals surface area contributed by atoms with Crippen molar-refractivity contribution in [3.05, 3.63) is 64.2 Å². The number of halogens is 5. The van der Waals surface area contributed by atoms with Gasteiger partial charge in [-0.05, 0) is 78.8 Å². The Hall–Kier alpha value is -2.11. The van der Waals surface area contributed by atoms with Gasteiger partial charge in [-0.25, -0.2) is 8.78 Å². The Bertz CT molecular complexity index is 813. The van der Waals surface area contributed by atoms with Crippen LogP contribution >= 0.6 is 0 Å². The summed E-state index contributed by atoms with van der Waals surface area (Å²) < 4.78 is 69.2. The van der Waals surface area contributed by atoms with Crippen LogP contribution in [-0.2, 0) is 25.7 Å². The van der Waals surface area contributed by atoms with Gasteiger partial charge in [0.05, 0.1) is 0 Å². The van der Waals surface area contributed by atoms with E-state index in [-0.39, 0.29) is 11.7 Å². The predicted octanol–water partition coefficient (Wildman–Crippen LogP) is 6.16. The van der Waals surface area contributed by atoms with Crippen molar-refractivity contribution in [2.24, 2.45) is 5.92 Å². The molecule has 1 aliphatic rings. The molecule has 2 aromatic rings. The molecule has 0 fully saturated rings. The molecule has 2 aromatic carbocycles. The Morgan fingerprint density at radius 1 is 1.11 bits per heavy atom. The summed E-state index contributed by atoms with van der Waals surface area (Å²) in [5, 5.41) is 0. The minimum Gasteiger partial charge on any atom is -0.403 e. The van der Waals surface area contributed by atoms with E-state index in [0.717, 1.165) is 24.5 Å². The Kier molecular flexibility index (Phi) is 5.72. The van der Waals surface area contributed by atoms with Crippen molar-refractivity contribution in [2.75, 3.05) is 0 Å². The molecule has 1 atom stereocenters. The van der Waals surface area contributed by atoms with Crippen molar-refractivity contribution in [2.45, 2.75) is 51.8 Å². The first-order valence-electron chi connectivity index (χ1n) is 9.10. The minimum atomic E-state index is -4.91. The Morgan fingerprint density at radius 3 is 2.56 bits per heavy atom. The second-order valence-corrected chi connectivity index (χ2v) is 6.99. The fraction of sp³-hybridized carbons (Fsp3) is 0.429. The molecule has 1 aliphatic carbocycles. The van der Waals surface area contributed by atoms with E-state index in [4.69, 9.17) is 0 Å². The molecule has 0 radical (unpaired) electrons. The molecule has 1 unspecified atom stereocenters. The van der Waals surface area contributed by atoms with Crippen LogP contribution in [0.3, 0.4) is 0 Å². The maximum Gasteiger partial charge on any atom is 0.573 e. The van der Waals surface area contributed by atoms with Crippen molar-refractivity contribution in [3.8, 4) is 5.75 Å². The third kappa shape index (κ3) is 4.79. The molecule has 0 bridgehead atoms. The van der Waals surface area contributed by atoms with Crippen LogP contribution in [0.2, 0.25) is 0 Å². The van der Waals surface area contributed by atoms with Crippen molar-refractivity contribution in [1.82, 2.24) is 0 Å². The number of rotatable bonds is 5. The normalized spacial score (nSPS) is 16.9. The quantitative estimate of drug-likeness (QED) is 0.561. The standard InChI is InChI=1S/C21H21F5O/c1-2-13-3-6-15(18(22)12-13)7-4-14-5-9-17-16(11-14)8-10-19(20(17)23)27-21(24,25)26/h3,6,8,10,12,14H,2,4-5,7,9,11H2,1H3. The van der Waals surface area contributed by atoms with E-state index in [1.165, 1.54) is 6.07 Å². The van der Waals surface area contributed by atoms with E-state index in [1.807, 2.05) is 19.1 Å². The summed E-state index contributed by atoms with van der Waals surface area (Å²) in [6, 6.07) is 7.83. The average molecular weight is 384 g/mol. The van der Waals surface area contributed by atoms with Gasteiger partial charge in [-0.1, -0.05) is 25.1 Å². The van der Waals surface area contributed by atoms with Gasteiger partial charge in [0.2, 0.25) is 0 Å². The maximum absolute atomic E-state index is 14.3. The van der Waals surface area contributed by atoms with Crippen LogP contribution in [0.15, 0.2) is 30.3 Å². The van der Waals surface area contributed by atoms with E-state index in [0.29, 0.717) is 42.4 Å². The first kappa shape index (κ1) is 19.6. The SMILES string of the molecule is CCc1ccc(CCC2CCc3c(ccc(OC(F)(F)F)c3F)C2)c(F)c1. The Labute approximate surface area is 155 Å². The first-order valence-corrected chi connectivity index (χ1v) is 9.10. The topological polar surface area (TPSA) is 9.23 Å². The molecule has 0 saturated carbocycles. The molecule has 3 rings (SSSR count). The molecule has 146 valence electrons. The van der Waals surface area contributed by atoms with E-state index in [1.54, 1.807) is 6.07 Å². The van der Waals surface area contributed by atoms with Crippen LogP contribution < -0.4 is 4.74 Å². The van der Waals surface area contributed by atoms with E-state index < -0.39 is 17.9 Å². The third-order valence-corrected chi connectivity index (χ3v) is 5.19. The highest BCUT2D eigenvalue weighted by molar-refractivity contribution is 5.39. The molecule has 0 aliphatic heterocycles. The van der Waals surface area contributed by atoms with E-state index in [2.05, 4.69) is 4.74 Å². The molecule has 0 aromatic heterocycles. The van der Waals surface area contributed by atoms with Crippen LogP contribution in [-0.4, -0.2) is 6.36 Å². The molecule has 0 spiro atoms. The van der Waals surface area contributed by atoms with E-state index >= 15 is 0 Å². The van der Waals surface area contributed by atoms with Gasteiger partial charge in [-0.3, -0.25) is 0 Å². The van der Waals surface area contributed by atoms with Gasteiger partial charge < -0.3 is 4.74 Å². The molecule has 0 heterocycles. The summed E-state index contributed by atoms with van der Waals surface area (Å²) in [4.78, 5) is 0. The predicted molar refractivity (Wildman–Crippen MR) is 92.7 cm³/mol. The third-order valence-electron chi connectivity index (χ3n) is 5.19. The smallest absolute Gasteiger partial charge is 0.403 e. The highest BCUT2D eigenvalue weighted by Gasteiger charge is 2.33. The largest absolute Gasteiger partial charge is 0.573 e. The van der Waals surface area contributed by atoms with Gasteiger partial charge in [0.25, 0.3) is 0 Å². The Morgan fingerprint density at radius 2 is 1.89 bits per heavy atom. The molecule has 27 heavy (non-hydrogen) atoms. The van der Waals surface area contributed by atoms with Crippen molar-refractivity contribution in [3.63, 3.8) is 0 Å².